The van der Waals surface area contributed by atoms with Crippen molar-refractivity contribution in [3.63, 3.8) is 0 Å². The molecule has 0 spiro atoms. The van der Waals surface area contributed by atoms with Gasteiger partial charge in [-0.1, -0.05) is 54.1 Å². The fourth-order valence-electron chi connectivity index (χ4n) is 4.00. The Hall–Kier alpha value is -4.71. The maximum absolute atomic E-state index is 13.4. The largest absolute Gasteiger partial charge is 0.497 e. The van der Waals surface area contributed by atoms with Gasteiger partial charge in [-0.15, -0.1) is 0 Å². The summed E-state index contributed by atoms with van der Waals surface area (Å²) in [4.78, 5) is 25.0. The van der Waals surface area contributed by atoms with Crippen molar-refractivity contribution in [1.82, 2.24) is 9.73 Å². The van der Waals surface area contributed by atoms with E-state index in [9.17, 15) is 18.0 Å². The van der Waals surface area contributed by atoms with Crippen LogP contribution in [-0.4, -0.2) is 57.6 Å². The van der Waals surface area contributed by atoms with Crippen LogP contribution in [-0.2, 0) is 26.0 Å². The van der Waals surface area contributed by atoms with Crippen molar-refractivity contribution in [2.45, 2.75) is 11.3 Å². The highest BCUT2D eigenvalue weighted by Gasteiger charge is 2.26. The number of carbonyl (C=O) groups is 2. The van der Waals surface area contributed by atoms with Crippen LogP contribution in [0.15, 0.2) is 113 Å². The summed E-state index contributed by atoms with van der Waals surface area (Å²) in [6.07, 6.45) is 1.83. The number of anilines is 1. The monoisotopic (exact) mass is 634 g/mol. The summed E-state index contributed by atoms with van der Waals surface area (Å²) in [5.41, 5.74) is 4.47. The van der Waals surface area contributed by atoms with E-state index in [2.05, 4.69) is 15.8 Å². The lowest BCUT2D eigenvalue weighted by molar-refractivity contribution is -0.121. The highest BCUT2D eigenvalue weighted by atomic mass is 35.5. The lowest BCUT2D eigenvalue weighted by atomic mass is 10.1. The molecule has 0 aliphatic carbocycles. The van der Waals surface area contributed by atoms with Gasteiger partial charge in [0.25, 0.3) is 11.8 Å². The number of ether oxygens (including phenoxy) is 2. The number of hydrogen-bond donors (Lipinski definition) is 2. The molecule has 0 aromatic heterocycles. The van der Waals surface area contributed by atoms with Crippen LogP contribution in [0.2, 0.25) is 5.02 Å². The number of nitrogens with one attached hydrogen (secondary N) is 2. The Kier molecular flexibility index (Phi) is 11.5. The average Bonchev–Trinajstić information content (AvgIpc) is 3.04. The summed E-state index contributed by atoms with van der Waals surface area (Å²) in [7, 11) is -2.49. The molecule has 4 aromatic carbocycles. The number of hydrogen-bond acceptors (Lipinski definition) is 7. The second-order valence-corrected chi connectivity index (χ2v) is 11.8. The standard InChI is InChI=1S/C32H31ClN4O6S/c1-42-26-15-17-28(18-16-26)44(40,41)37(20-19-24-7-3-2-4-8-24)22-31(38)36-34-21-25-11-13-27(14-12-25)43-23-32(39)35-30-10-6-5-9-29(30)33/h2-18,21H,19-20,22-23H2,1H3,(H,35,39)(H,36,38)/b34-21-. The van der Waals surface area contributed by atoms with Gasteiger partial charge < -0.3 is 14.8 Å². The predicted octanol–water partition coefficient (Wildman–Crippen LogP) is 4.75. The molecule has 0 aliphatic rings. The molecule has 0 atom stereocenters. The van der Waals surface area contributed by atoms with Crippen molar-refractivity contribution in [1.29, 1.82) is 0 Å². The van der Waals surface area contributed by atoms with Gasteiger partial charge in [-0.25, -0.2) is 13.8 Å². The molecular formula is C32H31ClN4O6S. The zero-order valence-corrected chi connectivity index (χ0v) is 25.4. The summed E-state index contributed by atoms with van der Waals surface area (Å²) in [6.45, 7) is -0.552. The lowest BCUT2D eigenvalue weighted by Gasteiger charge is -2.21. The van der Waals surface area contributed by atoms with Gasteiger partial charge >= 0.3 is 0 Å². The van der Waals surface area contributed by atoms with Crippen LogP contribution in [0.5, 0.6) is 11.5 Å². The number of carbonyl (C=O) groups excluding carboxylic acids is 2. The van der Waals surface area contributed by atoms with Crippen molar-refractivity contribution in [2.75, 3.05) is 32.1 Å². The van der Waals surface area contributed by atoms with E-state index in [1.54, 1.807) is 60.7 Å². The van der Waals surface area contributed by atoms with Crippen LogP contribution in [0.4, 0.5) is 5.69 Å². The first-order valence-corrected chi connectivity index (χ1v) is 15.3. The molecule has 0 heterocycles. The first-order valence-electron chi connectivity index (χ1n) is 13.5. The summed E-state index contributed by atoms with van der Waals surface area (Å²) >= 11 is 6.05. The third kappa shape index (κ3) is 9.40. The molecule has 0 unspecified atom stereocenters. The van der Waals surface area contributed by atoms with E-state index in [0.29, 0.717) is 34.2 Å². The average molecular weight is 635 g/mol. The van der Waals surface area contributed by atoms with Gasteiger partial charge in [0.05, 0.1) is 35.5 Å². The number of nitrogens with zero attached hydrogens (tertiary/aromatic N) is 2. The summed E-state index contributed by atoms with van der Waals surface area (Å²) in [6, 6.07) is 29.0. The van der Waals surface area contributed by atoms with Crippen LogP contribution in [0.25, 0.3) is 0 Å². The molecule has 0 fully saturated rings. The second-order valence-electron chi connectivity index (χ2n) is 9.43. The molecule has 2 N–H and O–H groups in total. The second kappa shape index (κ2) is 15.7. The van der Waals surface area contributed by atoms with Crippen molar-refractivity contribution in [2.24, 2.45) is 5.10 Å². The summed E-state index contributed by atoms with van der Waals surface area (Å²) in [5.74, 6) is 0.0119. The number of rotatable bonds is 14. The van der Waals surface area contributed by atoms with Crippen LogP contribution >= 0.6 is 11.6 Å². The van der Waals surface area contributed by atoms with E-state index in [-0.39, 0.29) is 24.0 Å². The molecule has 4 rings (SSSR count). The predicted molar refractivity (Wildman–Crippen MR) is 170 cm³/mol. The third-order valence-corrected chi connectivity index (χ3v) is 8.50. The fourth-order valence-corrected chi connectivity index (χ4v) is 5.58. The SMILES string of the molecule is COc1ccc(S(=O)(=O)N(CCc2ccccc2)CC(=O)N/N=C\c2ccc(OCC(=O)Nc3ccccc3Cl)cc2)cc1. The smallest absolute Gasteiger partial charge is 0.262 e. The first kappa shape index (κ1) is 32.2. The Bertz CT molecular complexity index is 1680. The fraction of sp³-hybridized carbons (Fsp3) is 0.156. The quantitative estimate of drug-likeness (QED) is 0.152. The third-order valence-electron chi connectivity index (χ3n) is 6.31. The first-order chi connectivity index (χ1) is 21.2. The van der Waals surface area contributed by atoms with E-state index in [1.165, 1.54) is 25.5 Å². The van der Waals surface area contributed by atoms with Crippen molar-refractivity contribution < 1.29 is 27.5 Å². The van der Waals surface area contributed by atoms with E-state index in [1.807, 2.05) is 30.3 Å². The Morgan fingerprint density at radius 3 is 2.20 bits per heavy atom. The number of amides is 2. The van der Waals surface area contributed by atoms with Crippen molar-refractivity contribution in [3.8, 4) is 11.5 Å². The number of benzene rings is 4. The van der Waals surface area contributed by atoms with Crippen molar-refractivity contribution in [3.05, 3.63) is 119 Å². The molecular weight excluding hydrogens is 604 g/mol. The van der Waals surface area contributed by atoms with Gasteiger partial charge in [-0.3, -0.25) is 9.59 Å². The van der Waals surface area contributed by atoms with Gasteiger partial charge in [-0.05, 0) is 78.2 Å². The minimum atomic E-state index is -3.99. The molecule has 4 aromatic rings. The summed E-state index contributed by atoms with van der Waals surface area (Å²) in [5, 5.41) is 7.08. The number of methoxy groups -OCH3 is 1. The lowest BCUT2D eigenvalue weighted by Crippen LogP contribution is -2.40. The minimum absolute atomic E-state index is 0.0475. The molecule has 12 heteroatoms. The number of sulfonamides is 1. The van der Waals surface area contributed by atoms with Crippen LogP contribution in [0, 0.1) is 0 Å². The molecule has 0 saturated heterocycles. The number of halogens is 1. The molecule has 0 bridgehead atoms. The molecule has 10 nitrogen and oxygen atoms in total. The van der Waals surface area contributed by atoms with Crippen LogP contribution in [0.1, 0.15) is 11.1 Å². The van der Waals surface area contributed by atoms with Crippen LogP contribution in [0.3, 0.4) is 0 Å². The van der Waals surface area contributed by atoms with Crippen molar-refractivity contribution >= 4 is 45.3 Å². The molecule has 0 radical (unpaired) electrons. The van der Waals surface area contributed by atoms with E-state index >= 15 is 0 Å². The molecule has 228 valence electrons. The Morgan fingerprint density at radius 2 is 1.52 bits per heavy atom. The van der Waals surface area contributed by atoms with Gasteiger partial charge in [0, 0.05) is 6.54 Å². The van der Waals surface area contributed by atoms with Gasteiger partial charge in [0.15, 0.2) is 6.61 Å². The zero-order chi connectivity index (χ0) is 31.4. The Morgan fingerprint density at radius 1 is 0.864 bits per heavy atom. The topological polar surface area (TPSA) is 126 Å². The maximum Gasteiger partial charge on any atom is 0.262 e. The zero-order valence-electron chi connectivity index (χ0n) is 23.9. The van der Waals surface area contributed by atoms with Gasteiger partial charge in [0.2, 0.25) is 10.0 Å². The number of hydrazone groups is 1. The van der Waals surface area contributed by atoms with Gasteiger partial charge in [0.1, 0.15) is 11.5 Å². The Labute approximate surface area is 261 Å². The highest BCUT2D eigenvalue weighted by Crippen LogP contribution is 2.21. The van der Waals surface area contributed by atoms with E-state index in [4.69, 9.17) is 21.1 Å². The summed E-state index contributed by atoms with van der Waals surface area (Å²) < 4.78 is 38.7. The van der Waals surface area contributed by atoms with Crippen LogP contribution < -0.4 is 20.2 Å². The normalized spacial score (nSPS) is 11.3. The highest BCUT2D eigenvalue weighted by molar-refractivity contribution is 7.89. The molecule has 0 aliphatic heterocycles. The molecule has 44 heavy (non-hydrogen) atoms. The van der Waals surface area contributed by atoms with E-state index in [0.717, 1.165) is 9.87 Å². The maximum atomic E-state index is 13.4. The van der Waals surface area contributed by atoms with E-state index < -0.39 is 22.5 Å². The van der Waals surface area contributed by atoms with Gasteiger partial charge in [-0.2, -0.15) is 9.41 Å². The molecule has 0 saturated carbocycles. The Balaban J connectivity index is 1.32. The molecule has 2 amide bonds. The minimum Gasteiger partial charge on any atom is -0.497 e. The number of para-hydroxylation sites is 1.